The van der Waals surface area contributed by atoms with Gasteiger partial charge in [0.25, 0.3) is 0 Å². The molecule has 0 saturated heterocycles. The van der Waals surface area contributed by atoms with Crippen LogP contribution in [0.1, 0.15) is 316 Å². The highest BCUT2D eigenvalue weighted by atomic mass is 31.2. The fraction of sp³-hybridized carbons (Fsp3) is 0.667. The molecule has 0 aliphatic carbocycles. The smallest absolute Gasteiger partial charge is 0.463 e. The van der Waals surface area contributed by atoms with Gasteiger partial charge in [-0.1, -0.05) is 307 Å². The summed E-state index contributed by atoms with van der Waals surface area (Å²) in [5.74, 6) is -1.64. The number of phosphoric acid groups is 2. The van der Waals surface area contributed by atoms with Gasteiger partial charge in [-0.25, -0.2) is 9.13 Å². The Bertz CT molecular complexity index is 2540. The molecule has 5 unspecified atom stereocenters. The summed E-state index contributed by atoms with van der Waals surface area (Å²) in [6, 6.07) is 0. The fourth-order valence-electron chi connectivity index (χ4n) is 10.6. The summed E-state index contributed by atoms with van der Waals surface area (Å²) in [6.07, 6.45) is 98.7. The van der Waals surface area contributed by atoms with Gasteiger partial charge in [-0.3, -0.25) is 32.5 Å². The lowest BCUT2D eigenvalue weighted by Gasteiger charge is -2.21. The molecule has 0 aromatic carbocycles. The molecule has 0 bridgehead atoms. The molecule has 0 saturated carbocycles. The van der Waals surface area contributed by atoms with Gasteiger partial charge in [0.1, 0.15) is 25.4 Å². The molecule has 600 valence electrons. The molecule has 0 aliphatic heterocycles. The number of rotatable bonds is 76. The third kappa shape index (κ3) is 80.0. The van der Waals surface area contributed by atoms with E-state index in [0.717, 1.165) is 154 Å². The summed E-state index contributed by atoms with van der Waals surface area (Å²) in [4.78, 5) is 58.7. The predicted octanol–water partition coefficient (Wildman–Crippen LogP) is 24.2. The van der Waals surface area contributed by atoms with Gasteiger partial charge < -0.3 is 34.2 Å². The Labute approximate surface area is 638 Å². The third-order valence-corrected chi connectivity index (χ3v) is 18.6. The minimum absolute atomic E-state index is 0.0784. The van der Waals surface area contributed by atoms with Crippen molar-refractivity contribution in [3.63, 3.8) is 0 Å². The molecule has 4 N–H and O–H groups in total. The Morgan fingerprint density at radius 3 is 0.819 bits per heavy atom. The van der Waals surface area contributed by atoms with Crippen LogP contribution in [0, 0.1) is 0 Å². The number of unbranched alkanes of at least 4 members (excludes halogenated alkanes) is 27. The van der Waals surface area contributed by atoms with Gasteiger partial charge in [-0.05, 0) is 148 Å². The van der Waals surface area contributed by atoms with Crippen LogP contribution in [-0.4, -0.2) is 95.9 Å². The number of phosphoric ester groups is 2. The summed E-state index contributed by atoms with van der Waals surface area (Å²) >= 11 is 0. The normalized spacial score (nSPS) is 14.8. The van der Waals surface area contributed by atoms with Crippen molar-refractivity contribution in [2.45, 2.75) is 334 Å². The molecule has 0 aliphatic rings. The van der Waals surface area contributed by atoms with Gasteiger partial charge in [0.05, 0.1) is 26.4 Å². The first-order valence-corrected chi connectivity index (χ1v) is 43.8. The first-order valence-electron chi connectivity index (χ1n) is 40.8. The van der Waals surface area contributed by atoms with Crippen molar-refractivity contribution in [3.8, 4) is 0 Å². The van der Waals surface area contributed by atoms with Crippen LogP contribution in [0.15, 0.2) is 158 Å². The highest BCUT2D eigenvalue weighted by Gasteiger charge is 2.29. The van der Waals surface area contributed by atoms with Gasteiger partial charge in [0, 0.05) is 19.3 Å². The monoisotopic (exact) mass is 1510 g/mol. The zero-order chi connectivity index (χ0) is 76.6. The molecule has 105 heavy (non-hydrogen) atoms. The van der Waals surface area contributed by atoms with E-state index < -0.39 is 91.5 Å². The zero-order valence-corrected chi connectivity index (χ0v) is 67.4. The Hall–Kier alpha value is -4.83. The van der Waals surface area contributed by atoms with E-state index in [9.17, 15) is 43.5 Å². The molecule has 18 heteroatoms. The summed E-state index contributed by atoms with van der Waals surface area (Å²) in [5.41, 5.74) is 0. The summed E-state index contributed by atoms with van der Waals surface area (Å²) in [6.45, 7) is 2.37. The zero-order valence-electron chi connectivity index (χ0n) is 65.6. The summed E-state index contributed by atoms with van der Waals surface area (Å²) < 4.78 is 61.2. The van der Waals surface area contributed by atoms with E-state index in [1.54, 1.807) is 0 Å². The highest BCUT2D eigenvalue weighted by molar-refractivity contribution is 7.47. The van der Waals surface area contributed by atoms with Crippen LogP contribution >= 0.6 is 15.6 Å². The number of allylic oxidation sites excluding steroid dienone is 26. The van der Waals surface area contributed by atoms with Crippen molar-refractivity contribution in [1.82, 2.24) is 0 Å². The standard InChI is InChI=1S/C87H146O16P2/c1-4-7-10-13-16-19-22-25-28-31-33-35-36-37-38-39-40-41-42-43-44-46-48-50-52-55-58-61-64-67-70-73-85(90)97-76-82(88)77-99-104(93,94)100-78-83(89)79-101-105(95,96)102-81-84(103-87(92)75-72-69-66-63-60-57-54-49-30-27-24-21-18-15-12-9-6-3)80-98-86(91)74-71-68-65-62-59-56-53-51-47-45-34-32-29-26-23-20-17-14-11-8-5-2/h8-9,11-12,16-21,25-30,33-35,37-38,45,51,53,59,62,82-84,88-89H,4-7,10,13-15,22-24,31-32,36,39-44,46-50,52,54-58,60-61,63-81H2,1-3H3,(H,93,94)(H,95,96)/b11-8-,12-9-,19-16-,20-17-,21-18-,28-25-,29-26-,30-27-,35-33-,38-37-,45-34-,53-51-,62-59-. The van der Waals surface area contributed by atoms with Gasteiger partial charge in [0.2, 0.25) is 0 Å². The molecule has 0 rings (SSSR count). The molecule has 0 heterocycles. The topological polar surface area (TPSA) is 231 Å². The van der Waals surface area contributed by atoms with Crippen LogP contribution in [0.25, 0.3) is 0 Å². The van der Waals surface area contributed by atoms with Gasteiger partial charge in [0.15, 0.2) is 6.10 Å². The maximum Gasteiger partial charge on any atom is 0.472 e. The highest BCUT2D eigenvalue weighted by Crippen LogP contribution is 2.45. The lowest BCUT2D eigenvalue weighted by Crippen LogP contribution is -2.30. The molecular formula is C87H146O16P2. The average molecular weight is 1510 g/mol. The second-order valence-electron chi connectivity index (χ2n) is 26.8. The molecule has 0 aromatic rings. The van der Waals surface area contributed by atoms with E-state index in [1.807, 2.05) is 0 Å². The van der Waals surface area contributed by atoms with E-state index in [4.69, 9.17) is 32.3 Å². The fourth-order valence-corrected chi connectivity index (χ4v) is 12.2. The van der Waals surface area contributed by atoms with E-state index in [0.29, 0.717) is 19.3 Å². The largest absolute Gasteiger partial charge is 0.472 e. The number of esters is 3. The number of hydrogen-bond acceptors (Lipinski definition) is 14. The van der Waals surface area contributed by atoms with Crippen LogP contribution in [0.4, 0.5) is 0 Å². The lowest BCUT2D eigenvalue weighted by atomic mass is 10.0. The first-order chi connectivity index (χ1) is 51.2. The average Bonchev–Trinajstić information content (AvgIpc) is 0.915. The Kier molecular flexibility index (Phi) is 75.1. The number of ether oxygens (including phenoxy) is 3. The maximum absolute atomic E-state index is 13.0. The minimum Gasteiger partial charge on any atom is -0.463 e. The lowest BCUT2D eigenvalue weighted by molar-refractivity contribution is -0.161. The summed E-state index contributed by atoms with van der Waals surface area (Å²) in [7, 11) is -9.82. The van der Waals surface area contributed by atoms with Crippen molar-refractivity contribution >= 4 is 33.6 Å². The van der Waals surface area contributed by atoms with Crippen LogP contribution < -0.4 is 0 Å². The van der Waals surface area contributed by atoms with E-state index >= 15 is 0 Å². The Morgan fingerprint density at radius 2 is 0.505 bits per heavy atom. The number of carbonyl (C=O) groups is 3. The number of aliphatic hydroxyl groups excluding tert-OH is 2. The van der Waals surface area contributed by atoms with Crippen LogP contribution in [0.5, 0.6) is 0 Å². The van der Waals surface area contributed by atoms with E-state index in [-0.39, 0.29) is 19.3 Å². The summed E-state index contributed by atoms with van der Waals surface area (Å²) in [5, 5.41) is 20.7. The molecular weight excluding hydrogens is 1360 g/mol. The Morgan fingerprint density at radius 1 is 0.276 bits per heavy atom. The van der Waals surface area contributed by atoms with E-state index in [1.165, 1.54) is 103 Å². The number of carbonyl (C=O) groups excluding carboxylic acids is 3. The molecule has 0 fully saturated rings. The van der Waals surface area contributed by atoms with Crippen LogP contribution in [0.2, 0.25) is 0 Å². The van der Waals surface area contributed by atoms with E-state index in [2.05, 4.69) is 179 Å². The second-order valence-corrected chi connectivity index (χ2v) is 29.7. The van der Waals surface area contributed by atoms with Crippen molar-refractivity contribution in [2.75, 3.05) is 39.6 Å². The molecule has 0 radical (unpaired) electrons. The van der Waals surface area contributed by atoms with Crippen LogP contribution in [-0.2, 0) is 55.8 Å². The third-order valence-electron chi connectivity index (χ3n) is 16.7. The first kappa shape index (κ1) is 100. The van der Waals surface area contributed by atoms with Gasteiger partial charge in [-0.15, -0.1) is 0 Å². The quantitative estimate of drug-likeness (QED) is 0.0146. The van der Waals surface area contributed by atoms with Crippen molar-refractivity contribution in [2.24, 2.45) is 0 Å². The van der Waals surface area contributed by atoms with Crippen molar-refractivity contribution in [3.05, 3.63) is 158 Å². The van der Waals surface area contributed by atoms with Crippen LogP contribution in [0.3, 0.4) is 0 Å². The second kappa shape index (κ2) is 78.7. The molecule has 0 aromatic heterocycles. The maximum atomic E-state index is 13.0. The molecule has 0 spiro atoms. The SMILES string of the molecule is CC/C=C\C/C=C\C/C=C\C/C=C\C/C=C\C/C=C\CCCCC(=O)OCC(COP(=O)(O)OCC(O)COP(=O)(O)OCC(O)COC(=O)CCCCCCCCCCCCCCCCC/C=C\C/C=C\C/C=C\C/C=C\CCCCC)OC(=O)CCCCCCCCC/C=C\C/C=C\C/C=C\CC. The predicted molar refractivity (Wildman–Crippen MR) is 435 cm³/mol. The molecule has 5 atom stereocenters. The van der Waals surface area contributed by atoms with Crippen molar-refractivity contribution < 1.29 is 75.8 Å². The minimum atomic E-state index is -4.95. The van der Waals surface area contributed by atoms with Crippen molar-refractivity contribution in [1.29, 1.82) is 0 Å². The molecule has 16 nitrogen and oxygen atoms in total. The Balaban J connectivity index is 4.57. The van der Waals surface area contributed by atoms with Gasteiger partial charge in [-0.2, -0.15) is 0 Å². The number of hydrogen-bond donors (Lipinski definition) is 4. The number of aliphatic hydroxyl groups is 2. The molecule has 0 amide bonds. The van der Waals surface area contributed by atoms with Gasteiger partial charge >= 0.3 is 33.6 Å².